The molecular weight excluding hydrogens is 308 g/mol. The van der Waals surface area contributed by atoms with Crippen LogP contribution in [0.15, 0.2) is 42.5 Å². The number of rotatable bonds is 3. The molecule has 0 bridgehead atoms. The number of hydrogen-bond donors (Lipinski definition) is 0. The quantitative estimate of drug-likeness (QED) is 0.415. The molecule has 2 aromatic carbocycles. The maximum absolute atomic E-state index is 12.5. The summed E-state index contributed by atoms with van der Waals surface area (Å²) in [6, 6.07) is 10.1. The fourth-order valence-corrected chi connectivity index (χ4v) is 4.17. The Morgan fingerprint density at radius 3 is 1.67 bits per heavy atom. The van der Waals surface area contributed by atoms with E-state index in [1.54, 1.807) is 32.0 Å². The zero-order valence-corrected chi connectivity index (χ0v) is 16.0. The molecule has 0 aliphatic carbocycles. The molecule has 0 atom stereocenters. The summed E-state index contributed by atoms with van der Waals surface area (Å²) in [6.45, 7) is 5.10. The Kier molecular flexibility index (Phi) is 10.2. The van der Waals surface area contributed by atoms with Gasteiger partial charge in [-0.05, 0) is 0 Å². The molecule has 0 aromatic heterocycles. The van der Waals surface area contributed by atoms with Crippen LogP contribution in [-0.2, 0) is 0 Å². The molecule has 0 saturated heterocycles. The molecule has 0 N–H and O–H groups in total. The van der Waals surface area contributed by atoms with E-state index in [4.69, 9.17) is 0 Å². The third kappa shape index (κ3) is 5.11. The second kappa shape index (κ2) is 9.24. The molecule has 0 fully saturated rings. The van der Waals surface area contributed by atoms with Gasteiger partial charge in [-0.1, -0.05) is 0 Å². The van der Waals surface area contributed by atoms with Crippen LogP contribution in [0.25, 0.3) is 0 Å². The normalized spacial score (nSPS) is 11.8. The molecule has 24 heavy (non-hydrogen) atoms. The van der Waals surface area contributed by atoms with Crippen LogP contribution < -0.4 is 76.6 Å². The first-order chi connectivity index (χ1) is 9.62. The van der Waals surface area contributed by atoms with Crippen LogP contribution in [0.2, 0.25) is 0 Å². The molecule has 0 aliphatic rings. The van der Waals surface area contributed by atoms with Crippen molar-refractivity contribution >= 4 is 18.1 Å². The largest absolute Gasteiger partial charge is 1.00 e. The molecule has 0 amide bonds. The Balaban J connectivity index is 0. The van der Waals surface area contributed by atoms with Crippen molar-refractivity contribution in [2.24, 2.45) is 0 Å². The average molecular weight is 324 g/mol. The van der Waals surface area contributed by atoms with E-state index >= 15 is 0 Å². The third-order valence-electron chi connectivity index (χ3n) is 3.44. The summed E-state index contributed by atoms with van der Waals surface area (Å²) in [4.78, 5) is 49.8. The van der Waals surface area contributed by atoms with E-state index in [1.807, 2.05) is 6.92 Å². The van der Waals surface area contributed by atoms with Crippen LogP contribution in [0.5, 0.6) is 0 Å². The van der Waals surface area contributed by atoms with Crippen molar-refractivity contribution in [1.29, 1.82) is 0 Å². The van der Waals surface area contributed by atoms with Gasteiger partial charge in [0.05, 0.1) is 0 Å². The van der Waals surface area contributed by atoms with Crippen LogP contribution in [-0.4, -0.2) is 5.52 Å². The maximum Gasteiger partial charge on any atom is 1.00 e. The Hall–Kier alpha value is 0.212. The minimum atomic E-state index is -6.38. The van der Waals surface area contributed by atoms with Gasteiger partial charge in [-0.2, -0.15) is 0 Å². The number of benzene rings is 2. The molecule has 2 aromatic rings. The topological polar surface area (TPSA) is 86.2 Å². The smallest absolute Gasteiger partial charge is 1.00 e. The predicted octanol–water partition coefficient (Wildman–Crippen LogP) is -8.53. The number of carbonyl (C=O) groups excluding carboxylic acids is 1. The molecule has 8 heteroatoms. The molecule has 0 heterocycles. The number of hydrogen-bond acceptors (Lipinski definition) is 4. The number of carbonyl (C=O) groups is 1. The summed E-state index contributed by atoms with van der Waals surface area (Å²) in [5.41, 5.74) is 0.503. The Morgan fingerprint density at radius 1 is 0.833 bits per heavy atom. The first-order valence-electron chi connectivity index (χ1n) is 6.51. The Bertz CT molecular complexity index is 689. The van der Waals surface area contributed by atoms with Crippen LogP contribution in [0.1, 0.15) is 27.0 Å². The summed E-state index contributed by atoms with van der Waals surface area (Å²) in [6.07, 6.45) is 0. The fourth-order valence-electron chi connectivity index (χ4n) is 2.51. The van der Waals surface area contributed by atoms with Gasteiger partial charge in [-0.3, -0.25) is 0 Å². The van der Waals surface area contributed by atoms with Gasteiger partial charge in [0.1, 0.15) is 0 Å². The first kappa shape index (κ1) is 26.4. The molecule has 4 nitrogen and oxygen atoms in total. The number of aryl methyl sites for hydroxylation is 3. The van der Waals surface area contributed by atoms with Crippen LogP contribution in [0.4, 0.5) is 0 Å². The summed E-state index contributed by atoms with van der Waals surface area (Å²) in [5, 5.41) is -0.493. The molecule has 0 radical (unpaired) electrons. The van der Waals surface area contributed by atoms with Gasteiger partial charge >= 0.3 is 180 Å². The van der Waals surface area contributed by atoms with Crippen molar-refractivity contribution in [1.82, 2.24) is 0 Å². The molecule has 0 aliphatic heterocycles. The van der Waals surface area contributed by atoms with E-state index < -0.39 is 18.1 Å². The summed E-state index contributed by atoms with van der Waals surface area (Å²) < 4.78 is 0. The van der Waals surface area contributed by atoms with Crippen molar-refractivity contribution in [2.45, 2.75) is 20.8 Å². The SMILES string of the molecule is Cc1cc(C)c(C(=O)P([O-])([O-])([O-])c2ccccc2)c(C)c1.[Li+].[Li+].[Li+]. The predicted molar refractivity (Wildman–Crippen MR) is 78.0 cm³/mol. The minimum Gasteiger partial charge on any atom is 1.00 e. The maximum atomic E-state index is 12.5. The summed E-state index contributed by atoms with van der Waals surface area (Å²) >= 11 is 0. The van der Waals surface area contributed by atoms with Crippen molar-refractivity contribution in [3.8, 4) is 0 Å². The van der Waals surface area contributed by atoms with E-state index in [0.29, 0.717) is 11.1 Å². The zero-order chi connectivity index (χ0) is 15.9. The van der Waals surface area contributed by atoms with E-state index in [9.17, 15) is 19.5 Å². The molecular formula is C16H16Li3O4P. The van der Waals surface area contributed by atoms with Gasteiger partial charge in [0, 0.05) is 0 Å². The molecule has 2 rings (SSSR count). The Labute approximate surface area is 178 Å². The molecule has 0 saturated carbocycles. The monoisotopic (exact) mass is 324 g/mol. The molecule has 112 valence electrons. The zero-order valence-electron chi connectivity index (χ0n) is 15.1. The van der Waals surface area contributed by atoms with Gasteiger partial charge in [-0.25, -0.2) is 0 Å². The van der Waals surface area contributed by atoms with Gasteiger partial charge in [0.25, 0.3) is 0 Å². The molecule has 0 spiro atoms. The van der Waals surface area contributed by atoms with Crippen molar-refractivity contribution in [2.75, 3.05) is 0 Å². The van der Waals surface area contributed by atoms with Gasteiger partial charge in [0.2, 0.25) is 0 Å². The van der Waals surface area contributed by atoms with Gasteiger partial charge in [0.15, 0.2) is 0 Å². The van der Waals surface area contributed by atoms with Crippen LogP contribution >= 0.6 is 7.28 Å². The van der Waals surface area contributed by atoms with E-state index in [0.717, 1.165) is 17.7 Å². The van der Waals surface area contributed by atoms with E-state index in [-0.39, 0.29) is 62.1 Å². The van der Waals surface area contributed by atoms with E-state index in [1.165, 1.54) is 12.1 Å². The first-order valence-corrected chi connectivity index (χ1v) is 8.50. The van der Waals surface area contributed by atoms with Crippen LogP contribution in [0.3, 0.4) is 0 Å². The second-order valence-corrected chi connectivity index (χ2v) is 7.99. The van der Waals surface area contributed by atoms with Crippen molar-refractivity contribution in [3.05, 3.63) is 64.7 Å². The summed E-state index contributed by atoms with van der Waals surface area (Å²) in [7, 11) is -6.38. The van der Waals surface area contributed by atoms with Gasteiger partial charge in [-0.15, -0.1) is 0 Å². The summed E-state index contributed by atoms with van der Waals surface area (Å²) in [5.74, 6) is 0. The standard InChI is InChI=1S/C16H16O4P.3Li/c1-11-9-12(2)15(13(3)10-11)16(17)21(18,19,20)14-7-5-4-6-8-14;;;/h4-10H,1-3H3;;;/q-3;3*+1. The minimum absolute atomic E-state index is 0. The van der Waals surface area contributed by atoms with Crippen LogP contribution in [0, 0.1) is 20.8 Å². The average Bonchev–Trinajstić information content (AvgIpc) is 2.38. The van der Waals surface area contributed by atoms with E-state index in [2.05, 4.69) is 0 Å². The fraction of sp³-hybridized carbons (Fsp3) is 0.188. The van der Waals surface area contributed by atoms with Crippen molar-refractivity contribution in [3.63, 3.8) is 0 Å². The van der Waals surface area contributed by atoms with Gasteiger partial charge < -0.3 is 0 Å². The Morgan fingerprint density at radius 2 is 1.25 bits per heavy atom. The molecule has 0 unspecified atom stereocenters. The van der Waals surface area contributed by atoms with Crippen molar-refractivity contribution < 1.29 is 76.1 Å². The third-order valence-corrected chi connectivity index (χ3v) is 5.56. The second-order valence-electron chi connectivity index (χ2n) is 5.30.